The Kier molecular flexibility index (Phi) is 3.97. The molecule has 1 aliphatic rings. The highest BCUT2D eigenvalue weighted by Gasteiger charge is 2.46. The molecule has 25 heavy (non-hydrogen) atoms. The first-order valence-electron chi connectivity index (χ1n) is 7.69. The van der Waals surface area contributed by atoms with Gasteiger partial charge < -0.3 is 14.9 Å². The molecule has 0 bridgehead atoms. The Morgan fingerprint density at radius 2 is 1.84 bits per heavy atom. The Bertz CT molecular complexity index is 927. The summed E-state index contributed by atoms with van der Waals surface area (Å²) in [7, 11) is 0. The average Bonchev–Trinajstić information content (AvgIpc) is 3.06. The zero-order chi connectivity index (χ0) is 16.9. The number of anilines is 1. The van der Waals surface area contributed by atoms with Crippen LogP contribution in [0.3, 0.4) is 0 Å². The molecule has 1 aromatic heterocycles. The summed E-state index contributed by atoms with van der Waals surface area (Å²) in [4.78, 5) is 12.5. The number of nitrogens with zero attached hydrogens (tertiary/aromatic N) is 1. The third kappa shape index (κ3) is 2.36. The molecule has 0 radical (unpaired) electrons. The fourth-order valence-corrected chi connectivity index (χ4v) is 3.30. The SMILES string of the molecule is C.Cc1noc(C)c1-c1ccc2c(c1)C(O)(c1ccccc1)C(=O)N2. The van der Waals surface area contributed by atoms with Crippen molar-refractivity contribution in [2.45, 2.75) is 26.9 Å². The number of hydrogen-bond acceptors (Lipinski definition) is 4. The van der Waals surface area contributed by atoms with E-state index in [4.69, 9.17) is 4.52 Å². The fourth-order valence-electron chi connectivity index (χ4n) is 3.30. The Labute approximate surface area is 146 Å². The lowest BCUT2D eigenvalue weighted by atomic mass is 9.86. The maximum atomic E-state index is 12.5. The summed E-state index contributed by atoms with van der Waals surface area (Å²) in [6.45, 7) is 3.71. The van der Waals surface area contributed by atoms with Crippen molar-refractivity contribution in [2.75, 3.05) is 5.32 Å². The lowest BCUT2D eigenvalue weighted by molar-refractivity contribution is -0.129. The highest BCUT2D eigenvalue weighted by atomic mass is 16.5. The van der Waals surface area contributed by atoms with Gasteiger partial charge >= 0.3 is 0 Å². The number of hydrogen-bond donors (Lipinski definition) is 2. The van der Waals surface area contributed by atoms with Crippen molar-refractivity contribution in [1.82, 2.24) is 5.16 Å². The van der Waals surface area contributed by atoms with Gasteiger partial charge in [0.2, 0.25) is 0 Å². The first kappa shape index (κ1) is 16.9. The standard InChI is InChI=1S/C19H16N2O3.CH4/c1-11-17(12(2)24-21-11)13-8-9-16-15(10-13)19(23,18(22)20-16)14-6-4-3-5-7-14;/h3-10,23H,1-2H3,(H,20,22);1H4. The van der Waals surface area contributed by atoms with E-state index in [9.17, 15) is 9.90 Å². The van der Waals surface area contributed by atoms with Gasteiger partial charge in [-0.15, -0.1) is 0 Å². The number of aromatic nitrogens is 1. The normalized spacial score (nSPS) is 18.4. The van der Waals surface area contributed by atoms with Crippen molar-refractivity contribution in [3.8, 4) is 11.1 Å². The van der Waals surface area contributed by atoms with Gasteiger partial charge in [-0.05, 0) is 37.1 Å². The Morgan fingerprint density at radius 1 is 1.12 bits per heavy atom. The van der Waals surface area contributed by atoms with Crippen LogP contribution in [0.2, 0.25) is 0 Å². The van der Waals surface area contributed by atoms with E-state index >= 15 is 0 Å². The van der Waals surface area contributed by atoms with Crippen LogP contribution in [0.15, 0.2) is 53.1 Å². The number of aliphatic hydroxyl groups is 1. The van der Waals surface area contributed by atoms with Gasteiger partial charge in [0.15, 0.2) is 5.60 Å². The molecule has 1 aliphatic heterocycles. The van der Waals surface area contributed by atoms with Gasteiger partial charge in [-0.3, -0.25) is 4.79 Å². The number of rotatable bonds is 2. The van der Waals surface area contributed by atoms with Crippen LogP contribution in [-0.2, 0) is 10.4 Å². The molecule has 5 nitrogen and oxygen atoms in total. The zero-order valence-corrected chi connectivity index (χ0v) is 13.3. The molecular weight excluding hydrogens is 316 g/mol. The van der Waals surface area contributed by atoms with Crippen LogP contribution in [0.1, 0.15) is 30.0 Å². The van der Waals surface area contributed by atoms with Crippen molar-refractivity contribution in [1.29, 1.82) is 0 Å². The van der Waals surface area contributed by atoms with Crippen molar-refractivity contribution in [3.63, 3.8) is 0 Å². The van der Waals surface area contributed by atoms with Crippen LogP contribution in [0, 0.1) is 13.8 Å². The maximum Gasteiger partial charge on any atom is 0.265 e. The lowest BCUT2D eigenvalue weighted by Crippen LogP contribution is -2.35. The zero-order valence-electron chi connectivity index (χ0n) is 13.3. The van der Waals surface area contributed by atoms with Crippen molar-refractivity contribution in [3.05, 3.63) is 71.1 Å². The topological polar surface area (TPSA) is 75.4 Å². The van der Waals surface area contributed by atoms with Crippen LogP contribution < -0.4 is 5.32 Å². The van der Waals surface area contributed by atoms with Gasteiger partial charge in [-0.2, -0.15) is 0 Å². The maximum absolute atomic E-state index is 12.5. The second-order valence-corrected chi connectivity index (χ2v) is 5.99. The van der Waals surface area contributed by atoms with E-state index in [1.54, 1.807) is 30.3 Å². The minimum atomic E-state index is -1.70. The van der Waals surface area contributed by atoms with E-state index in [1.165, 1.54) is 0 Å². The van der Waals surface area contributed by atoms with Crippen LogP contribution in [-0.4, -0.2) is 16.2 Å². The summed E-state index contributed by atoms with van der Waals surface area (Å²) in [5.41, 5.74) is 2.50. The number of carbonyl (C=O) groups is 1. The third-order valence-corrected chi connectivity index (χ3v) is 4.50. The van der Waals surface area contributed by atoms with Crippen molar-refractivity contribution >= 4 is 11.6 Å². The smallest absolute Gasteiger partial charge is 0.265 e. The van der Waals surface area contributed by atoms with Gasteiger partial charge in [0.05, 0.1) is 5.69 Å². The molecule has 2 heterocycles. The molecule has 0 spiro atoms. The molecule has 0 saturated heterocycles. The van der Waals surface area contributed by atoms with Crippen LogP contribution in [0.5, 0.6) is 0 Å². The monoisotopic (exact) mass is 336 g/mol. The van der Waals surface area contributed by atoms with Crippen LogP contribution in [0.25, 0.3) is 11.1 Å². The molecular formula is C20H20N2O3. The van der Waals surface area contributed by atoms with E-state index in [-0.39, 0.29) is 7.43 Å². The second kappa shape index (κ2) is 5.86. The Morgan fingerprint density at radius 3 is 2.48 bits per heavy atom. The van der Waals surface area contributed by atoms with Crippen molar-refractivity contribution in [2.24, 2.45) is 0 Å². The van der Waals surface area contributed by atoms with E-state index in [0.717, 1.165) is 16.8 Å². The van der Waals surface area contributed by atoms with Gasteiger partial charge in [-0.25, -0.2) is 0 Å². The minimum Gasteiger partial charge on any atom is -0.372 e. The molecule has 0 saturated carbocycles. The number of aryl methyl sites for hydroxylation is 2. The fraction of sp³-hybridized carbons (Fsp3) is 0.200. The molecule has 2 aromatic carbocycles. The highest BCUT2D eigenvalue weighted by molar-refractivity contribution is 6.07. The Hall–Kier alpha value is -2.92. The van der Waals surface area contributed by atoms with Gasteiger partial charge in [0, 0.05) is 16.8 Å². The molecule has 5 heteroatoms. The molecule has 4 rings (SSSR count). The average molecular weight is 336 g/mol. The molecule has 3 aromatic rings. The summed E-state index contributed by atoms with van der Waals surface area (Å²) in [6, 6.07) is 14.5. The molecule has 128 valence electrons. The molecule has 1 unspecified atom stereocenters. The molecule has 1 amide bonds. The first-order chi connectivity index (χ1) is 11.5. The van der Waals surface area contributed by atoms with Gasteiger partial charge in [0.1, 0.15) is 5.76 Å². The summed E-state index contributed by atoms with van der Waals surface area (Å²) in [5.74, 6) is 0.257. The van der Waals surface area contributed by atoms with Gasteiger partial charge in [0.25, 0.3) is 5.91 Å². The molecule has 0 fully saturated rings. The number of nitrogens with one attached hydrogen (secondary N) is 1. The first-order valence-corrected chi connectivity index (χ1v) is 7.69. The van der Waals surface area contributed by atoms with Crippen LogP contribution >= 0.6 is 0 Å². The van der Waals surface area contributed by atoms with Gasteiger partial charge in [-0.1, -0.05) is 49.0 Å². The summed E-state index contributed by atoms with van der Waals surface area (Å²) in [6.07, 6.45) is 0. The summed E-state index contributed by atoms with van der Waals surface area (Å²) in [5, 5.41) is 17.9. The molecule has 1 atom stereocenters. The number of amides is 1. The van der Waals surface area contributed by atoms with E-state index in [2.05, 4.69) is 10.5 Å². The minimum absolute atomic E-state index is 0. The van der Waals surface area contributed by atoms with E-state index in [0.29, 0.717) is 22.6 Å². The highest BCUT2D eigenvalue weighted by Crippen LogP contribution is 2.43. The number of benzene rings is 2. The van der Waals surface area contributed by atoms with Crippen LogP contribution in [0.4, 0.5) is 5.69 Å². The quantitative estimate of drug-likeness (QED) is 0.747. The molecule has 2 N–H and O–H groups in total. The van der Waals surface area contributed by atoms with E-state index < -0.39 is 11.5 Å². The molecule has 0 aliphatic carbocycles. The predicted molar refractivity (Wildman–Crippen MR) is 96.2 cm³/mol. The summed E-state index contributed by atoms with van der Waals surface area (Å²) >= 11 is 0. The Balaban J connectivity index is 0.00000182. The second-order valence-electron chi connectivity index (χ2n) is 5.99. The summed E-state index contributed by atoms with van der Waals surface area (Å²) < 4.78 is 5.23. The largest absolute Gasteiger partial charge is 0.372 e. The number of carbonyl (C=O) groups excluding carboxylic acids is 1. The van der Waals surface area contributed by atoms with Crippen molar-refractivity contribution < 1.29 is 14.4 Å². The predicted octanol–water partition coefficient (Wildman–Crippen LogP) is 3.78. The number of fused-ring (bicyclic) bond motifs is 1. The van der Waals surface area contributed by atoms with E-state index in [1.807, 2.05) is 32.0 Å². The third-order valence-electron chi connectivity index (χ3n) is 4.50. The lowest BCUT2D eigenvalue weighted by Gasteiger charge is -2.21.